The van der Waals surface area contributed by atoms with Gasteiger partial charge in [-0.25, -0.2) is 0 Å². The van der Waals surface area contributed by atoms with E-state index in [1.54, 1.807) is 0 Å². The number of nitrogens with one attached hydrogen (secondary N) is 2. The summed E-state index contributed by atoms with van der Waals surface area (Å²) in [6.45, 7) is 7.90. The Morgan fingerprint density at radius 2 is 1.92 bits per heavy atom. The van der Waals surface area contributed by atoms with Crippen LogP contribution in [0, 0.1) is 0 Å². The van der Waals surface area contributed by atoms with Gasteiger partial charge in [0, 0.05) is 11.6 Å². The lowest BCUT2D eigenvalue weighted by molar-refractivity contribution is -0.124. The van der Waals surface area contributed by atoms with E-state index in [1.807, 2.05) is 27.7 Å². The maximum Gasteiger partial charge on any atom is 0.237 e. The van der Waals surface area contributed by atoms with Crippen molar-refractivity contribution in [2.45, 2.75) is 58.2 Å². The molecule has 0 spiro atoms. The van der Waals surface area contributed by atoms with Gasteiger partial charge in [-0.3, -0.25) is 4.79 Å². The third-order valence-electron chi connectivity index (χ3n) is 1.95. The van der Waals surface area contributed by atoms with Crippen LogP contribution in [0.2, 0.25) is 0 Å². The fourth-order valence-corrected chi connectivity index (χ4v) is 1.16. The minimum atomic E-state index is -0.128. The smallest absolute Gasteiger partial charge is 0.237 e. The normalized spacial score (nSPS) is 19.7. The first kappa shape index (κ1) is 10.5. The monoisotopic (exact) mass is 184 g/mol. The standard InChI is InChI=1S/C10H20N2O/c1-7(11-8-5-6-8)9(13)12-10(2,3)4/h7-8,11H,5-6H2,1-4H3,(H,12,13)/t7-/m0/s1. The highest BCUT2D eigenvalue weighted by Crippen LogP contribution is 2.19. The fourth-order valence-electron chi connectivity index (χ4n) is 1.16. The Kier molecular flexibility index (Phi) is 2.96. The van der Waals surface area contributed by atoms with Gasteiger partial charge in [-0.1, -0.05) is 0 Å². The molecule has 1 atom stereocenters. The number of carbonyl (C=O) groups excluding carboxylic acids is 1. The molecule has 0 aromatic rings. The second-order valence-electron chi connectivity index (χ2n) is 4.90. The molecule has 0 aliphatic heterocycles. The van der Waals surface area contributed by atoms with E-state index in [-0.39, 0.29) is 17.5 Å². The van der Waals surface area contributed by atoms with Gasteiger partial charge in [-0.15, -0.1) is 0 Å². The van der Waals surface area contributed by atoms with Crippen molar-refractivity contribution < 1.29 is 4.79 Å². The summed E-state index contributed by atoms with van der Waals surface area (Å²) in [5, 5.41) is 6.21. The van der Waals surface area contributed by atoms with Crippen molar-refractivity contribution in [1.29, 1.82) is 0 Å². The Bertz CT molecular complexity index is 192. The van der Waals surface area contributed by atoms with E-state index in [2.05, 4.69) is 10.6 Å². The summed E-state index contributed by atoms with van der Waals surface area (Å²) in [5.41, 5.74) is -0.128. The van der Waals surface area contributed by atoms with Gasteiger partial charge < -0.3 is 10.6 Å². The molecule has 0 heterocycles. The average Bonchev–Trinajstić information content (AvgIpc) is 2.67. The zero-order valence-corrected chi connectivity index (χ0v) is 8.98. The topological polar surface area (TPSA) is 41.1 Å². The molecule has 3 heteroatoms. The number of carbonyl (C=O) groups is 1. The molecule has 1 aliphatic rings. The van der Waals surface area contributed by atoms with Crippen molar-refractivity contribution >= 4 is 5.91 Å². The molecule has 0 radical (unpaired) electrons. The lowest BCUT2D eigenvalue weighted by Gasteiger charge is -2.23. The second kappa shape index (κ2) is 3.66. The summed E-state index contributed by atoms with van der Waals surface area (Å²) in [7, 11) is 0. The van der Waals surface area contributed by atoms with Crippen LogP contribution >= 0.6 is 0 Å². The molecular weight excluding hydrogens is 164 g/mol. The molecule has 0 aromatic heterocycles. The first-order valence-corrected chi connectivity index (χ1v) is 4.96. The van der Waals surface area contributed by atoms with E-state index in [0.717, 1.165) is 0 Å². The highest BCUT2D eigenvalue weighted by molar-refractivity contribution is 5.82. The van der Waals surface area contributed by atoms with Crippen molar-refractivity contribution in [3.05, 3.63) is 0 Å². The number of amides is 1. The Morgan fingerprint density at radius 3 is 2.31 bits per heavy atom. The van der Waals surface area contributed by atoms with E-state index in [1.165, 1.54) is 12.8 Å². The van der Waals surface area contributed by atoms with Gasteiger partial charge in [0.05, 0.1) is 6.04 Å². The zero-order chi connectivity index (χ0) is 10.1. The van der Waals surface area contributed by atoms with Crippen molar-refractivity contribution in [2.24, 2.45) is 0 Å². The molecule has 1 amide bonds. The minimum Gasteiger partial charge on any atom is -0.350 e. The van der Waals surface area contributed by atoms with E-state index < -0.39 is 0 Å². The van der Waals surface area contributed by atoms with Gasteiger partial charge in [0.25, 0.3) is 0 Å². The van der Waals surface area contributed by atoms with Gasteiger partial charge in [0.15, 0.2) is 0 Å². The molecule has 0 aromatic carbocycles. The van der Waals surface area contributed by atoms with Crippen molar-refractivity contribution in [3.8, 4) is 0 Å². The molecule has 3 nitrogen and oxygen atoms in total. The van der Waals surface area contributed by atoms with Crippen LogP contribution in [0.25, 0.3) is 0 Å². The molecule has 76 valence electrons. The van der Waals surface area contributed by atoms with Crippen LogP contribution in [0.1, 0.15) is 40.5 Å². The van der Waals surface area contributed by atoms with E-state index in [0.29, 0.717) is 6.04 Å². The maximum absolute atomic E-state index is 11.5. The summed E-state index contributed by atoms with van der Waals surface area (Å²) in [5.74, 6) is 0.0967. The van der Waals surface area contributed by atoms with Crippen LogP contribution in [0.15, 0.2) is 0 Å². The van der Waals surface area contributed by atoms with Crippen LogP contribution in [0.5, 0.6) is 0 Å². The van der Waals surface area contributed by atoms with Crippen molar-refractivity contribution in [3.63, 3.8) is 0 Å². The first-order valence-electron chi connectivity index (χ1n) is 4.96. The average molecular weight is 184 g/mol. The molecule has 0 bridgehead atoms. The lowest BCUT2D eigenvalue weighted by atomic mass is 10.1. The quantitative estimate of drug-likeness (QED) is 0.688. The Morgan fingerprint density at radius 1 is 1.38 bits per heavy atom. The van der Waals surface area contributed by atoms with Crippen molar-refractivity contribution in [2.75, 3.05) is 0 Å². The Labute approximate surface area is 80.3 Å². The largest absolute Gasteiger partial charge is 0.350 e. The van der Waals surface area contributed by atoms with E-state index >= 15 is 0 Å². The minimum absolute atomic E-state index is 0.0632. The summed E-state index contributed by atoms with van der Waals surface area (Å²) in [4.78, 5) is 11.5. The number of rotatable bonds is 3. The Balaban J connectivity index is 2.28. The molecule has 0 unspecified atom stereocenters. The molecule has 2 N–H and O–H groups in total. The van der Waals surface area contributed by atoms with Crippen LogP contribution in [-0.2, 0) is 4.79 Å². The SMILES string of the molecule is C[C@H](NC1CC1)C(=O)NC(C)(C)C. The summed E-state index contributed by atoms with van der Waals surface area (Å²) < 4.78 is 0. The molecular formula is C10H20N2O. The number of hydrogen-bond donors (Lipinski definition) is 2. The van der Waals surface area contributed by atoms with Crippen molar-refractivity contribution in [1.82, 2.24) is 10.6 Å². The molecule has 1 fully saturated rings. The third-order valence-corrected chi connectivity index (χ3v) is 1.95. The maximum atomic E-state index is 11.5. The predicted molar refractivity (Wildman–Crippen MR) is 53.5 cm³/mol. The summed E-state index contributed by atoms with van der Waals surface area (Å²) in [6.07, 6.45) is 2.43. The molecule has 1 aliphatic carbocycles. The Hall–Kier alpha value is -0.570. The van der Waals surface area contributed by atoms with Crippen LogP contribution in [0.3, 0.4) is 0 Å². The fraction of sp³-hybridized carbons (Fsp3) is 0.900. The lowest BCUT2D eigenvalue weighted by Crippen LogP contribution is -2.50. The van der Waals surface area contributed by atoms with Gasteiger partial charge >= 0.3 is 0 Å². The van der Waals surface area contributed by atoms with Gasteiger partial charge in [0.1, 0.15) is 0 Å². The zero-order valence-electron chi connectivity index (χ0n) is 8.98. The van der Waals surface area contributed by atoms with E-state index in [4.69, 9.17) is 0 Å². The number of hydrogen-bond acceptors (Lipinski definition) is 2. The second-order valence-corrected chi connectivity index (χ2v) is 4.90. The highest BCUT2D eigenvalue weighted by Gasteiger charge is 2.26. The predicted octanol–water partition coefficient (Wildman–Crippen LogP) is 1.04. The van der Waals surface area contributed by atoms with Gasteiger partial charge in [-0.05, 0) is 40.5 Å². The van der Waals surface area contributed by atoms with Gasteiger partial charge in [0.2, 0.25) is 5.91 Å². The molecule has 0 saturated heterocycles. The third kappa shape index (κ3) is 4.27. The molecule has 1 saturated carbocycles. The molecule has 1 rings (SSSR count). The van der Waals surface area contributed by atoms with Crippen LogP contribution in [-0.4, -0.2) is 23.5 Å². The molecule has 13 heavy (non-hydrogen) atoms. The first-order chi connectivity index (χ1) is 5.88. The van der Waals surface area contributed by atoms with Crippen LogP contribution < -0.4 is 10.6 Å². The van der Waals surface area contributed by atoms with Gasteiger partial charge in [-0.2, -0.15) is 0 Å². The summed E-state index contributed by atoms with van der Waals surface area (Å²) >= 11 is 0. The van der Waals surface area contributed by atoms with E-state index in [9.17, 15) is 4.79 Å². The summed E-state index contributed by atoms with van der Waals surface area (Å²) in [6, 6.07) is 0.521. The van der Waals surface area contributed by atoms with Crippen LogP contribution in [0.4, 0.5) is 0 Å². The highest BCUT2D eigenvalue weighted by atomic mass is 16.2.